The molecule has 2 heteroatoms. The Balaban J connectivity index is 4.75. The fraction of sp³-hybridized carbons (Fsp3) is 1.00. The lowest BCUT2D eigenvalue weighted by atomic mass is 10.5. The second kappa shape index (κ2) is 2.67. The van der Waals surface area contributed by atoms with E-state index in [1.807, 2.05) is 0 Å². The Bertz CT molecular complexity index is 129. The second-order valence-electron chi connectivity index (χ2n) is 0.416. The van der Waals surface area contributed by atoms with Crippen molar-refractivity contribution in [2.75, 3.05) is 0 Å². The molecule has 0 saturated carbocycles. The van der Waals surface area contributed by atoms with Gasteiger partial charge in [-0.2, -0.15) is 0 Å². The standard InChI is InChI=1S/C3H7BrO/c1-2-3(4)5/h3,5H,2H2,1H3/i1D3,2D2,3D. The monoisotopic (exact) mass is 144 g/mol. The van der Waals surface area contributed by atoms with Crippen molar-refractivity contribution in [3.63, 3.8) is 0 Å². The molecule has 5 heavy (non-hydrogen) atoms. The van der Waals surface area contributed by atoms with Crippen molar-refractivity contribution in [2.24, 2.45) is 0 Å². The zero-order valence-electron chi connectivity index (χ0n) is 8.33. The molecule has 0 heterocycles. The number of halogens is 1. The molecule has 1 N–H and O–H groups in total. The molecule has 0 spiro atoms. The maximum absolute atomic E-state index is 8.73. The van der Waals surface area contributed by atoms with Gasteiger partial charge in [0, 0.05) is 6.85 Å². The summed E-state index contributed by atoms with van der Waals surface area (Å²) in [5.74, 6) is 0. The summed E-state index contributed by atoms with van der Waals surface area (Å²) < 4.78 is 40.3. The van der Waals surface area contributed by atoms with Crippen LogP contribution in [0.2, 0.25) is 0 Å². The number of alkyl halides is 1. The van der Waals surface area contributed by atoms with Gasteiger partial charge in [0.2, 0.25) is 0 Å². The van der Waals surface area contributed by atoms with Gasteiger partial charge < -0.3 is 5.11 Å². The van der Waals surface area contributed by atoms with E-state index in [1.54, 1.807) is 0 Å². The first-order valence-corrected chi connectivity index (χ1v) is 1.71. The molecule has 1 nitrogen and oxygen atoms in total. The van der Waals surface area contributed by atoms with Gasteiger partial charge in [0.05, 0.1) is 1.37 Å². The number of hydrogen-bond donors (Lipinski definition) is 1. The van der Waals surface area contributed by atoms with E-state index in [0.717, 1.165) is 0 Å². The summed E-state index contributed by atoms with van der Waals surface area (Å²) in [5.41, 5.74) is 0. The van der Waals surface area contributed by atoms with Crippen LogP contribution in [-0.2, 0) is 0 Å². The zero-order chi connectivity index (χ0) is 9.50. The highest BCUT2D eigenvalue weighted by Gasteiger charge is 1.84. The van der Waals surface area contributed by atoms with Crippen LogP contribution in [0.15, 0.2) is 0 Å². The normalized spacial score (nSPS) is 44.4. The highest BCUT2D eigenvalue weighted by Crippen LogP contribution is 1.95. The van der Waals surface area contributed by atoms with Gasteiger partial charge in [-0.1, -0.05) is 22.8 Å². The van der Waals surface area contributed by atoms with E-state index >= 15 is 0 Å². The summed E-state index contributed by atoms with van der Waals surface area (Å²) in [6, 6.07) is 0. The minimum absolute atomic E-state index is 2.22. The molecule has 0 fully saturated rings. The molecule has 0 bridgehead atoms. The Morgan fingerprint density at radius 2 is 3.40 bits per heavy atom. The van der Waals surface area contributed by atoms with E-state index in [9.17, 15) is 0 Å². The molecule has 0 aliphatic rings. The van der Waals surface area contributed by atoms with Crippen molar-refractivity contribution in [3.8, 4) is 0 Å². The van der Waals surface area contributed by atoms with E-state index in [-0.39, 0.29) is 0 Å². The van der Waals surface area contributed by atoms with E-state index in [0.29, 0.717) is 0 Å². The van der Waals surface area contributed by atoms with Gasteiger partial charge in [-0.3, -0.25) is 0 Å². The number of rotatable bonds is 1. The topological polar surface area (TPSA) is 20.2 Å². The number of aliphatic hydroxyl groups is 1. The largest absolute Gasteiger partial charge is 0.382 e. The average molecular weight is 145 g/mol. The van der Waals surface area contributed by atoms with Crippen molar-refractivity contribution in [1.82, 2.24) is 0 Å². The summed E-state index contributed by atoms with van der Waals surface area (Å²) in [6.45, 7) is -3.02. The first-order valence-electron chi connectivity index (χ1n) is 3.91. The fourth-order valence-corrected chi connectivity index (χ4v) is 0. The zero-order valence-corrected chi connectivity index (χ0v) is 3.91. The third kappa shape index (κ3) is 4.44. The predicted molar refractivity (Wildman–Crippen MR) is 25.2 cm³/mol. The van der Waals surface area contributed by atoms with Gasteiger partial charge in [-0.25, -0.2) is 0 Å². The summed E-state index contributed by atoms with van der Waals surface area (Å²) in [4.78, 5) is -2.79. The van der Waals surface area contributed by atoms with Crippen molar-refractivity contribution in [3.05, 3.63) is 0 Å². The first kappa shape index (κ1) is 0.984. The molecule has 0 aromatic rings. The van der Waals surface area contributed by atoms with Crippen LogP contribution in [0.3, 0.4) is 0 Å². The highest BCUT2D eigenvalue weighted by molar-refractivity contribution is 9.09. The Hall–Kier alpha value is 0.440. The molecule has 0 saturated heterocycles. The molecule has 0 aromatic carbocycles. The maximum Gasteiger partial charge on any atom is 0.108 e. The molecule has 0 aromatic heterocycles. The smallest absolute Gasteiger partial charge is 0.108 e. The van der Waals surface area contributed by atoms with E-state index in [2.05, 4.69) is 15.9 Å². The lowest BCUT2D eigenvalue weighted by Gasteiger charge is -1.88. The summed E-state index contributed by atoms with van der Waals surface area (Å²) >= 11 is 2.22. The van der Waals surface area contributed by atoms with Crippen LogP contribution in [0.25, 0.3) is 0 Å². The fourth-order valence-electron chi connectivity index (χ4n) is 0. The Morgan fingerprint density at radius 3 is 3.40 bits per heavy atom. The maximum atomic E-state index is 8.73. The van der Waals surface area contributed by atoms with E-state index < -0.39 is 18.2 Å². The lowest BCUT2D eigenvalue weighted by Crippen LogP contribution is -1.87. The summed E-state index contributed by atoms with van der Waals surface area (Å²) in [5, 5.41) is 8.73. The van der Waals surface area contributed by atoms with Gasteiger partial charge in [0.1, 0.15) is 4.99 Å². The van der Waals surface area contributed by atoms with Crippen LogP contribution < -0.4 is 0 Å². The minimum Gasteiger partial charge on any atom is -0.382 e. The molecule has 0 amide bonds. The van der Waals surface area contributed by atoms with Gasteiger partial charge in [0.25, 0.3) is 0 Å². The summed E-state index contributed by atoms with van der Waals surface area (Å²) in [6.07, 6.45) is -2.99. The molecule has 0 rings (SSSR count). The van der Waals surface area contributed by atoms with Crippen LogP contribution in [0.4, 0.5) is 0 Å². The van der Waals surface area contributed by atoms with Crippen LogP contribution in [0.5, 0.6) is 0 Å². The summed E-state index contributed by atoms with van der Waals surface area (Å²) in [7, 11) is 0. The Labute approximate surface area is 48.6 Å². The third-order valence-corrected chi connectivity index (χ3v) is 0.301. The first-order chi connectivity index (χ1) is 4.50. The molecular formula is C3H7BrO. The van der Waals surface area contributed by atoms with Crippen LogP contribution in [0.1, 0.15) is 21.4 Å². The number of hydrogen-bond acceptors (Lipinski definition) is 1. The highest BCUT2D eigenvalue weighted by atomic mass is 79.9. The van der Waals surface area contributed by atoms with Crippen molar-refractivity contribution < 1.29 is 13.3 Å². The van der Waals surface area contributed by atoms with E-state index in [4.69, 9.17) is 13.3 Å². The SMILES string of the molecule is [2H]C([2H])([2H])C([2H])([2H])C([2H])(O)Br. The van der Waals surface area contributed by atoms with Crippen molar-refractivity contribution in [1.29, 1.82) is 0 Å². The molecule has 32 valence electrons. The van der Waals surface area contributed by atoms with Crippen molar-refractivity contribution in [2.45, 2.75) is 18.2 Å². The van der Waals surface area contributed by atoms with Crippen LogP contribution in [0, 0.1) is 0 Å². The predicted octanol–water partition coefficient (Wildman–Crippen LogP) is 1.11. The van der Waals surface area contributed by atoms with Gasteiger partial charge >= 0.3 is 0 Å². The molecule has 0 radical (unpaired) electrons. The van der Waals surface area contributed by atoms with Crippen LogP contribution >= 0.6 is 15.9 Å². The van der Waals surface area contributed by atoms with Gasteiger partial charge in [-0.15, -0.1) is 0 Å². The molecule has 0 aliphatic carbocycles. The third-order valence-electron chi connectivity index (χ3n) is 0.103. The molecule has 1 atom stereocenters. The Morgan fingerprint density at radius 1 is 2.80 bits per heavy atom. The lowest BCUT2D eigenvalue weighted by molar-refractivity contribution is 0.266. The quantitative estimate of drug-likeness (QED) is 0.548. The minimum atomic E-state index is -3.02. The molecule has 0 aliphatic heterocycles. The van der Waals surface area contributed by atoms with E-state index in [1.165, 1.54) is 0 Å². The second-order valence-corrected chi connectivity index (χ2v) is 1.17. The van der Waals surface area contributed by atoms with Gasteiger partial charge in [0.15, 0.2) is 0 Å². The average Bonchev–Trinajstić information content (AvgIpc) is 1.58. The van der Waals surface area contributed by atoms with Gasteiger partial charge in [-0.05, 0) is 6.37 Å². The molecular weight excluding hydrogens is 132 g/mol. The van der Waals surface area contributed by atoms with Crippen LogP contribution in [-0.4, -0.2) is 10.1 Å². The Kier molecular flexibility index (Phi) is 0.524. The van der Waals surface area contributed by atoms with Crippen molar-refractivity contribution >= 4 is 15.9 Å². The molecule has 1 unspecified atom stereocenters.